The molecule has 1 aromatic rings. The zero-order valence-electron chi connectivity index (χ0n) is 13.4. The lowest BCUT2D eigenvalue weighted by molar-refractivity contribution is 0.124. The number of aryl methyl sites for hydroxylation is 3. The Balaban J connectivity index is 1.93. The Morgan fingerprint density at radius 3 is 2.25 bits per heavy atom. The molecule has 1 unspecified atom stereocenters. The van der Waals surface area contributed by atoms with Crippen LogP contribution in [0.4, 0.5) is 0 Å². The summed E-state index contributed by atoms with van der Waals surface area (Å²) in [5, 5.41) is 10.5. The zero-order chi connectivity index (χ0) is 14.7. The van der Waals surface area contributed by atoms with Crippen LogP contribution in [-0.2, 0) is 0 Å². The van der Waals surface area contributed by atoms with E-state index in [1.54, 1.807) is 0 Å². The van der Waals surface area contributed by atoms with E-state index in [-0.39, 0.29) is 6.10 Å². The van der Waals surface area contributed by atoms with E-state index >= 15 is 0 Å². The molecule has 2 rings (SSSR count). The smallest absolute Gasteiger partial charge is 0.0807 e. The van der Waals surface area contributed by atoms with Crippen LogP contribution in [0.3, 0.4) is 0 Å². The topological polar surface area (TPSA) is 23.5 Å². The van der Waals surface area contributed by atoms with E-state index in [9.17, 15) is 5.11 Å². The minimum Gasteiger partial charge on any atom is -0.388 e. The molecule has 0 saturated carbocycles. The number of aliphatic hydroxyl groups is 1. The van der Waals surface area contributed by atoms with Crippen LogP contribution in [0, 0.1) is 26.7 Å². The van der Waals surface area contributed by atoms with Crippen molar-refractivity contribution in [3.63, 3.8) is 0 Å². The minimum absolute atomic E-state index is 0.324. The Kier molecular flexibility index (Phi) is 5.22. The molecule has 0 bridgehead atoms. The van der Waals surface area contributed by atoms with Crippen LogP contribution in [0.1, 0.15) is 54.5 Å². The third-order valence-corrected chi connectivity index (χ3v) is 4.67. The molecule has 0 spiro atoms. The molecule has 0 aliphatic carbocycles. The first-order valence-corrected chi connectivity index (χ1v) is 7.95. The van der Waals surface area contributed by atoms with Crippen molar-refractivity contribution < 1.29 is 5.11 Å². The van der Waals surface area contributed by atoms with Gasteiger partial charge in [-0.1, -0.05) is 24.6 Å². The summed E-state index contributed by atoms with van der Waals surface area (Å²) >= 11 is 0. The maximum absolute atomic E-state index is 10.5. The minimum atomic E-state index is -0.324. The van der Waals surface area contributed by atoms with Crippen LogP contribution in [-0.4, -0.2) is 29.6 Å². The second-order valence-corrected chi connectivity index (χ2v) is 6.64. The summed E-state index contributed by atoms with van der Waals surface area (Å²) in [6.45, 7) is 12.1. The lowest BCUT2D eigenvalue weighted by Crippen LogP contribution is -2.34. The fourth-order valence-electron chi connectivity index (χ4n) is 3.45. The van der Waals surface area contributed by atoms with Gasteiger partial charge in [-0.15, -0.1) is 0 Å². The second kappa shape index (κ2) is 6.73. The highest BCUT2D eigenvalue weighted by Gasteiger charge is 2.18. The molecule has 1 aromatic carbocycles. The lowest BCUT2D eigenvalue weighted by Gasteiger charge is -2.31. The molecule has 1 N–H and O–H groups in total. The van der Waals surface area contributed by atoms with Gasteiger partial charge in [0.1, 0.15) is 0 Å². The van der Waals surface area contributed by atoms with Crippen molar-refractivity contribution in [1.82, 2.24) is 4.90 Å². The van der Waals surface area contributed by atoms with Gasteiger partial charge in [-0.2, -0.15) is 0 Å². The van der Waals surface area contributed by atoms with E-state index < -0.39 is 0 Å². The molecule has 2 nitrogen and oxygen atoms in total. The van der Waals surface area contributed by atoms with Crippen molar-refractivity contribution in [2.75, 3.05) is 19.6 Å². The number of rotatable bonds is 4. The number of benzene rings is 1. The average Bonchev–Trinajstić information content (AvgIpc) is 2.37. The lowest BCUT2D eigenvalue weighted by atomic mass is 9.93. The molecule has 1 atom stereocenters. The van der Waals surface area contributed by atoms with Gasteiger partial charge in [-0.3, -0.25) is 0 Å². The van der Waals surface area contributed by atoms with Gasteiger partial charge in [0.25, 0.3) is 0 Å². The Morgan fingerprint density at radius 1 is 1.15 bits per heavy atom. The highest BCUT2D eigenvalue weighted by atomic mass is 16.3. The van der Waals surface area contributed by atoms with Crippen molar-refractivity contribution in [2.24, 2.45) is 5.92 Å². The van der Waals surface area contributed by atoms with Gasteiger partial charge in [-0.25, -0.2) is 0 Å². The Labute approximate surface area is 123 Å². The predicted octanol–water partition coefficient (Wildman–Crippen LogP) is 3.77. The SMILES string of the molecule is Cc1cc(C)c(C(O)CCN2CCC(C)CC2)c(C)c1. The van der Waals surface area contributed by atoms with Crippen LogP contribution < -0.4 is 0 Å². The Bertz CT molecular complexity index is 424. The first kappa shape index (κ1) is 15.5. The van der Waals surface area contributed by atoms with E-state index in [1.165, 1.54) is 42.6 Å². The number of aliphatic hydroxyl groups excluding tert-OH is 1. The number of hydrogen-bond acceptors (Lipinski definition) is 2. The molecular formula is C18H29NO. The summed E-state index contributed by atoms with van der Waals surface area (Å²) < 4.78 is 0. The molecular weight excluding hydrogens is 246 g/mol. The van der Waals surface area contributed by atoms with Crippen LogP contribution in [0.15, 0.2) is 12.1 Å². The fourth-order valence-corrected chi connectivity index (χ4v) is 3.45. The first-order valence-electron chi connectivity index (χ1n) is 7.95. The predicted molar refractivity (Wildman–Crippen MR) is 85.1 cm³/mol. The van der Waals surface area contributed by atoms with Crippen LogP contribution >= 0.6 is 0 Å². The van der Waals surface area contributed by atoms with E-state index in [1.807, 2.05) is 0 Å². The summed E-state index contributed by atoms with van der Waals surface area (Å²) in [7, 11) is 0. The maximum atomic E-state index is 10.5. The van der Waals surface area contributed by atoms with Crippen molar-refractivity contribution >= 4 is 0 Å². The molecule has 2 heteroatoms. The molecule has 1 saturated heterocycles. The summed E-state index contributed by atoms with van der Waals surface area (Å²) in [6, 6.07) is 4.35. The normalized spacial score (nSPS) is 19.2. The maximum Gasteiger partial charge on any atom is 0.0807 e. The van der Waals surface area contributed by atoms with Crippen molar-refractivity contribution in [3.8, 4) is 0 Å². The van der Waals surface area contributed by atoms with Gasteiger partial charge >= 0.3 is 0 Å². The van der Waals surface area contributed by atoms with Crippen molar-refractivity contribution in [3.05, 3.63) is 34.4 Å². The third-order valence-electron chi connectivity index (χ3n) is 4.67. The van der Waals surface area contributed by atoms with Gasteiger partial charge in [0.2, 0.25) is 0 Å². The van der Waals surface area contributed by atoms with Gasteiger partial charge in [0.05, 0.1) is 6.10 Å². The summed E-state index contributed by atoms with van der Waals surface area (Å²) in [5.41, 5.74) is 4.87. The quantitative estimate of drug-likeness (QED) is 0.904. The largest absolute Gasteiger partial charge is 0.388 e. The Hall–Kier alpha value is -0.860. The molecule has 1 heterocycles. The number of hydrogen-bond donors (Lipinski definition) is 1. The van der Waals surface area contributed by atoms with Crippen molar-refractivity contribution in [2.45, 2.75) is 53.1 Å². The fraction of sp³-hybridized carbons (Fsp3) is 0.667. The second-order valence-electron chi connectivity index (χ2n) is 6.64. The summed E-state index contributed by atoms with van der Waals surface area (Å²) in [5.74, 6) is 0.873. The average molecular weight is 275 g/mol. The van der Waals surface area contributed by atoms with E-state index in [2.05, 4.69) is 44.7 Å². The monoisotopic (exact) mass is 275 g/mol. The van der Waals surface area contributed by atoms with Crippen LogP contribution in [0.5, 0.6) is 0 Å². The molecule has 1 fully saturated rings. The van der Waals surface area contributed by atoms with E-state index in [0.29, 0.717) is 0 Å². The number of piperidine rings is 1. The molecule has 0 amide bonds. The number of nitrogens with zero attached hydrogens (tertiary/aromatic N) is 1. The standard InChI is InChI=1S/C18H29NO/c1-13-5-8-19(9-6-13)10-7-17(20)18-15(3)11-14(2)12-16(18)4/h11-13,17,20H,5-10H2,1-4H3. The summed E-state index contributed by atoms with van der Waals surface area (Å²) in [6.07, 6.45) is 3.13. The molecule has 1 aliphatic heterocycles. The summed E-state index contributed by atoms with van der Waals surface area (Å²) in [4.78, 5) is 2.50. The van der Waals surface area contributed by atoms with Crippen molar-refractivity contribution in [1.29, 1.82) is 0 Å². The van der Waals surface area contributed by atoms with Gasteiger partial charge in [0.15, 0.2) is 0 Å². The van der Waals surface area contributed by atoms with E-state index in [4.69, 9.17) is 0 Å². The molecule has 20 heavy (non-hydrogen) atoms. The number of likely N-dealkylation sites (tertiary alicyclic amines) is 1. The Morgan fingerprint density at radius 2 is 1.70 bits per heavy atom. The first-order chi connectivity index (χ1) is 9.47. The highest BCUT2D eigenvalue weighted by Crippen LogP contribution is 2.26. The van der Waals surface area contributed by atoms with Crippen LogP contribution in [0.2, 0.25) is 0 Å². The molecule has 1 aliphatic rings. The molecule has 112 valence electrons. The third kappa shape index (κ3) is 3.83. The van der Waals surface area contributed by atoms with Crippen LogP contribution in [0.25, 0.3) is 0 Å². The van der Waals surface area contributed by atoms with E-state index in [0.717, 1.165) is 24.4 Å². The zero-order valence-corrected chi connectivity index (χ0v) is 13.4. The van der Waals surface area contributed by atoms with Gasteiger partial charge in [0, 0.05) is 6.54 Å². The molecule has 0 aromatic heterocycles. The van der Waals surface area contributed by atoms with Gasteiger partial charge in [-0.05, 0) is 75.7 Å². The van der Waals surface area contributed by atoms with Gasteiger partial charge < -0.3 is 10.0 Å². The molecule has 0 radical (unpaired) electrons. The highest BCUT2D eigenvalue weighted by molar-refractivity contribution is 5.38.